The van der Waals surface area contributed by atoms with Gasteiger partial charge in [-0.1, -0.05) is 30.3 Å². The van der Waals surface area contributed by atoms with E-state index in [1.54, 1.807) is 0 Å². The average Bonchev–Trinajstić information content (AvgIpc) is 3.14. The minimum absolute atomic E-state index is 0.145. The van der Waals surface area contributed by atoms with Gasteiger partial charge in [-0.05, 0) is 45.0 Å². The zero-order valence-electron chi connectivity index (χ0n) is 18.8. The minimum atomic E-state index is -0.240. The van der Waals surface area contributed by atoms with Crippen molar-refractivity contribution in [3.8, 4) is 11.5 Å². The Morgan fingerprint density at radius 3 is 2.50 bits per heavy atom. The molecule has 0 radical (unpaired) electrons. The topological polar surface area (TPSA) is 79.6 Å². The molecule has 2 atom stereocenters. The van der Waals surface area contributed by atoms with Gasteiger partial charge in [0, 0.05) is 31.6 Å². The molecule has 0 aliphatic carbocycles. The quantitative estimate of drug-likeness (QED) is 0.591. The fraction of sp³-hybridized carbons (Fsp3) is 0.360. The van der Waals surface area contributed by atoms with Gasteiger partial charge in [0.2, 0.25) is 5.89 Å². The van der Waals surface area contributed by atoms with E-state index in [2.05, 4.69) is 34.4 Å². The lowest BCUT2D eigenvalue weighted by molar-refractivity contribution is -0.00517. The fourth-order valence-corrected chi connectivity index (χ4v) is 4.05. The van der Waals surface area contributed by atoms with Gasteiger partial charge >= 0.3 is 6.03 Å². The van der Waals surface area contributed by atoms with Gasteiger partial charge in [0.1, 0.15) is 5.76 Å². The Balaban J connectivity index is 1.34. The van der Waals surface area contributed by atoms with Gasteiger partial charge in [-0.15, -0.1) is 0 Å². The third-order valence-electron chi connectivity index (χ3n) is 5.47. The van der Waals surface area contributed by atoms with Gasteiger partial charge in [-0.2, -0.15) is 0 Å². The highest BCUT2D eigenvalue weighted by atomic mass is 16.5. The maximum Gasteiger partial charge on any atom is 0.319 e. The summed E-state index contributed by atoms with van der Waals surface area (Å²) < 4.78 is 11.6. The maximum absolute atomic E-state index is 12.6. The number of ether oxygens (including phenoxy) is 1. The van der Waals surface area contributed by atoms with E-state index < -0.39 is 0 Å². The monoisotopic (exact) mass is 434 g/mol. The highest BCUT2D eigenvalue weighted by Crippen LogP contribution is 2.28. The molecule has 0 spiro atoms. The number of benzene rings is 2. The van der Waals surface area contributed by atoms with Crippen LogP contribution in [0.25, 0.3) is 11.5 Å². The lowest BCUT2D eigenvalue weighted by Crippen LogP contribution is -2.45. The van der Waals surface area contributed by atoms with Crippen LogP contribution in [0.4, 0.5) is 16.2 Å². The number of aromatic nitrogens is 1. The first-order valence-corrected chi connectivity index (χ1v) is 11.1. The van der Waals surface area contributed by atoms with Gasteiger partial charge in [-0.3, -0.25) is 0 Å². The number of para-hydroxylation sites is 2. The Morgan fingerprint density at radius 1 is 1.06 bits per heavy atom. The Labute approximate surface area is 188 Å². The summed E-state index contributed by atoms with van der Waals surface area (Å²) in [4.78, 5) is 19.4. The molecule has 4 rings (SSSR count). The van der Waals surface area contributed by atoms with Crippen LogP contribution >= 0.6 is 0 Å². The van der Waals surface area contributed by atoms with E-state index in [4.69, 9.17) is 9.15 Å². The number of nitrogens with one attached hydrogen (secondary N) is 2. The molecule has 2 N–H and O–H groups in total. The molecule has 1 aliphatic rings. The second-order valence-electron chi connectivity index (χ2n) is 8.20. The number of hydrogen-bond donors (Lipinski definition) is 2. The van der Waals surface area contributed by atoms with Crippen LogP contribution in [0.1, 0.15) is 25.3 Å². The summed E-state index contributed by atoms with van der Waals surface area (Å²) in [5.74, 6) is 1.37. The number of anilines is 2. The van der Waals surface area contributed by atoms with Crippen LogP contribution in [0.5, 0.6) is 0 Å². The van der Waals surface area contributed by atoms with E-state index in [1.165, 1.54) is 0 Å². The van der Waals surface area contributed by atoms with Crippen molar-refractivity contribution in [3.63, 3.8) is 0 Å². The number of hydrogen-bond acceptors (Lipinski definition) is 5. The first-order chi connectivity index (χ1) is 15.5. The number of carbonyl (C=O) groups excluding carboxylic acids is 1. The molecular formula is C25H30N4O3. The van der Waals surface area contributed by atoms with Gasteiger partial charge < -0.3 is 24.7 Å². The molecule has 7 nitrogen and oxygen atoms in total. The van der Waals surface area contributed by atoms with E-state index in [0.717, 1.165) is 41.5 Å². The van der Waals surface area contributed by atoms with E-state index in [-0.39, 0.29) is 18.2 Å². The summed E-state index contributed by atoms with van der Waals surface area (Å²) in [7, 11) is 0. The van der Waals surface area contributed by atoms with Crippen LogP contribution in [-0.4, -0.2) is 42.9 Å². The number of rotatable bonds is 6. The third-order valence-corrected chi connectivity index (χ3v) is 5.47. The van der Waals surface area contributed by atoms with Crippen LogP contribution in [0.3, 0.4) is 0 Å². The van der Waals surface area contributed by atoms with E-state index in [9.17, 15) is 4.79 Å². The molecular weight excluding hydrogens is 404 g/mol. The molecule has 168 valence electrons. The minimum Gasteiger partial charge on any atom is -0.441 e. The Morgan fingerprint density at radius 2 is 1.75 bits per heavy atom. The van der Waals surface area contributed by atoms with Crippen molar-refractivity contribution < 1.29 is 13.9 Å². The summed E-state index contributed by atoms with van der Waals surface area (Å²) in [6.45, 7) is 8.08. The predicted octanol–water partition coefficient (Wildman–Crippen LogP) is 4.63. The lowest BCUT2D eigenvalue weighted by Gasteiger charge is -2.37. The van der Waals surface area contributed by atoms with Crippen LogP contribution in [-0.2, 0) is 11.2 Å². The molecule has 2 amide bonds. The van der Waals surface area contributed by atoms with Crippen LogP contribution in [0, 0.1) is 6.92 Å². The highest BCUT2D eigenvalue weighted by Gasteiger charge is 2.24. The van der Waals surface area contributed by atoms with E-state index in [1.807, 2.05) is 61.5 Å². The molecule has 0 bridgehead atoms. The van der Waals surface area contributed by atoms with Crippen LogP contribution in [0.2, 0.25) is 0 Å². The van der Waals surface area contributed by atoms with Crippen molar-refractivity contribution >= 4 is 17.4 Å². The number of carbonyl (C=O) groups is 1. The molecule has 3 aromatic rings. The van der Waals surface area contributed by atoms with E-state index >= 15 is 0 Å². The molecule has 1 aromatic heterocycles. The molecule has 1 saturated heterocycles. The van der Waals surface area contributed by atoms with Gasteiger partial charge in [0.25, 0.3) is 0 Å². The second-order valence-corrected chi connectivity index (χ2v) is 8.20. The highest BCUT2D eigenvalue weighted by molar-refractivity contribution is 5.93. The van der Waals surface area contributed by atoms with Gasteiger partial charge in [0.05, 0.1) is 29.3 Å². The molecule has 2 unspecified atom stereocenters. The molecule has 7 heteroatoms. The first kappa shape index (κ1) is 21.9. The SMILES string of the molecule is Cc1oc(-c2ccccc2)nc1CCNC(=O)Nc1ccccc1N1CC(C)OC(C)C1. The average molecular weight is 435 g/mol. The number of nitrogens with zero attached hydrogens (tertiary/aromatic N) is 2. The van der Waals surface area contributed by atoms with Crippen molar-refractivity contribution in [2.24, 2.45) is 0 Å². The van der Waals surface area contributed by atoms with Gasteiger partial charge in [0.15, 0.2) is 0 Å². The van der Waals surface area contributed by atoms with Crippen molar-refractivity contribution in [2.45, 2.75) is 39.4 Å². The largest absolute Gasteiger partial charge is 0.441 e. The molecule has 0 saturated carbocycles. The van der Waals surface area contributed by atoms with E-state index in [0.29, 0.717) is 18.9 Å². The summed E-state index contributed by atoms with van der Waals surface area (Å²) in [6.07, 6.45) is 0.884. The number of amides is 2. The second kappa shape index (κ2) is 9.87. The summed E-state index contributed by atoms with van der Waals surface area (Å²) >= 11 is 0. The van der Waals surface area contributed by atoms with Gasteiger partial charge in [-0.25, -0.2) is 9.78 Å². The van der Waals surface area contributed by atoms with Crippen molar-refractivity contribution in [1.29, 1.82) is 0 Å². The van der Waals surface area contributed by atoms with Crippen LogP contribution in [0.15, 0.2) is 59.0 Å². The van der Waals surface area contributed by atoms with Crippen molar-refractivity contribution in [1.82, 2.24) is 10.3 Å². The molecule has 1 fully saturated rings. The Kier molecular flexibility index (Phi) is 6.75. The smallest absolute Gasteiger partial charge is 0.319 e. The third kappa shape index (κ3) is 5.29. The number of oxazole rings is 1. The Bertz CT molecular complexity index is 1040. The molecule has 2 heterocycles. The summed E-state index contributed by atoms with van der Waals surface area (Å²) in [6, 6.07) is 17.4. The zero-order chi connectivity index (χ0) is 22.5. The van der Waals surface area contributed by atoms with Crippen LogP contribution < -0.4 is 15.5 Å². The standard InChI is InChI=1S/C25H30N4O3/c1-17-15-29(16-18(2)31-17)23-12-8-7-11-22(23)28-25(30)26-14-13-21-19(3)32-24(27-21)20-9-5-4-6-10-20/h4-12,17-18H,13-16H2,1-3H3,(H2,26,28,30). The summed E-state index contributed by atoms with van der Waals surface area (Å²) in [5, 5.41) is 5.92. The Hall–Kier alpha value is -3.32. The first-order valence-electron chi connectivity index (χ1n) is 11.1. The van der Waals surface area contributed by atoms with Crippen molar-refractivity contribution in [3.05, 3.63) is 66.1 Å². The normalized spacial score (nSPS) is 18.4. The predicted molar refractivity (Wildman–Crippen MR) is 126 cm³/mol. The van der Waals surface area contributed by atoms with Crippen molar-refractivity contribution in [2.75, 3.05) is 29.9 Å². The number of aryl methyl sites for hydroxylation is 1. The molecule has 1 aliphatic heterocycles. The lowest BCUT2D eigenvalue weighted by atomic mass is 10.1. The fourth-order valence-electron chi connectivity index (χ4n) is 4.05. The molecule has 32 heavy (non-hydrogen) atoms. The maximum atomic E-state index is 12.6. The number of urea groups is 1. The summed E-state index contributed by atoms with van der Waals surface area (Å²) in [5.41, 5.74) is 3.58. The number of morpholine rings is 1. The zero-order valence-corrected chi connectivity index (χ0v) is 18.8. The molecule has 2 aromatic carbocycles.